The van der Waals surface area contributed by atoms with Gasteiger partial charge >= 0.3 is 0 Å². The van der Waals surface area contributed by atoms with E-state index in [2.05, 4.69) is 15.4 Å². The summed E-state index contributed by atoms with van der Waals surface area (Å²) < 4.78 is 15.2. The summed E-state index contributed by atoms with van der Waals surface area (Å²) in [7, 11) is 0. The fourth-order valence-electron chi connectivity index (χ4n) is 2.02. The van der Waals surface area contributed by atoms with Crippen molar-refractivity contribution < 1.29 is 9.18 Å². The first-order valence-electron chi connectivity index (χ1n) is 7.32. The van der Waals surface area contributed by atoms with Crippen LogP contribution in [0.2, 0.25) is 0 Å². The first kappa shape index (κ1) is 16.2. The van der Waals surface area contributed by atoms with Crippen LogP contribution in [0.3, 0.4) is 0 Å². The first-order chi connectivity index (χ1) is 11.6. The van der Waals surface area contributed by atoms with Gasteiger partial charge in [-0.3, -0.25) is 4.79 Å². The number of nitrogens with zero attached hydrogens (tertiary/aromatic N) is 3. The normalized spacial score (nSPS) is 11.9. The summed E-state index contributed by atoms with van der Waals surface area (Å²) in [6.07, 6.45) is 1.60. The molecule has 0 radical (unpaired) electrons. The molecule has 0 saturated carbocycles. The van der Waals surface area contributed by atoms with E-state index in [4.69, 9.17) is 0 Å². The van der Waals surface area contributed by atoms with Crippen molar-refractivity contribution in [3.8, 4) is 5.69 Å². The van der Waals surface area contributed by atoms with Crippen LogP contribution >= 0.6 is 11.8 Å². The SMILES string of the molecule is CC(Sc1ncn(-c2ccccc2)n1)C(=O)Nc1ccccc1F. The van der Waals surface area contributed by atoms with E-state index >= 15 is 0 Å². The molecule has 0 fully saturated rings. The molecular weight excluding hydrogens is 327 g/mol. The third-order valence-corrected chi connectivity index (χ3v) is 4.24. The van der Waals surface area contributed by atoms with Gasteiger partial charge in [-0.1, -0.05) is 42.1 Å². The highest BCUT2D eigenvalue weighted by Crippen LogP contribution is 2.22. The lowest BCUT2D eigenvalue weighted by atomic mass is 10.3. The second-order valence-corrected chi connectivity index (χ2v) is 6.34. The topological polar surface area (TPSA) is 59.8 Å². The minimum absolute atomic E-state index is 0.165. The monoisotopic (exact) mass is 342 g/mol. The Hall–Kier alpha value is -2.67. The Bertz CT molecular complexity index is 837. The van der Waals surface area contributed by atoms with Crippen molar-refractivity contribution in [3.63, 3.8) is 0 Å². The van der Waals surface area contributed by atoms with E-state index in [1.54, 1.807) is 30.1 Å². The summed E-state index contributed by atoms with van der Waals surface area (Å²) in [5, 5.41) is 6.93. The number of thioether (sulfide) groups is 1. The maximum absolute atomic E-state index is 13.6. The number of amides is 1. The van der Waals surface area contributed by atoms with Crippen molar-refractivity contribution in [1.82, 2.24) is 14.8 Å². The third-order valence-electron chi connectivity index (χ3n) is 3.27. The van der Waals surface area contributed by atoms with Crippen molar-refractivity contribution in [2.24, 2.45) is 0 Å². The van der Waals surface area contributed by atoms with E-state index in [1.165, 1.54) is 23.9 Å². The number of hydrogen-bond acceptors (Lipinski definition) is 4. The quantitative estimate of drug-likeness (QED) is 0.721. The predicted octanol–water partition coefficient (Wildman–Crippen LogP) is 3.53. The molecule has 0 bridgehead atoms. The molecule has 0 spiro atoms. The van der Waals surface area contributed by atoms with E-state index in [1.807, 2.05) is 30.3 Å². The average molecular weight is 342 g/mol. The zero-order valence-electron chi connectivity index (χ0n) is 12.9. The number of benzene rings is 2. The van der Waals surface area contributed by atoms with Crippen LogP contribution in [0.25, 0.3) is 5.69 Å². The number of carbonyl (C=O) groups is 1. The van der Waals surface area contributed by atoms with E-state index in [0.29, 0.717) is 5.16 Å². The smallest absolute Gasteiger partial charge is 0.237 e. The molecule has 0 saturated heterocycles. The van der Waals surface area contributed by atoms with E-state index < -0.39 is 11.1 Å². The number of hydrogen-bond donors (Lipinski definition) is 1. The molecule has 1 aromatic heterocycles. The molecule has 1 amide bonds. The van der Waals surface area contributed by atoms with E-state index in [0.717, 1.165) is 5.69 Å². The molecule has 0 aliphatic heterocycles. The Morgan fingerprint density at radius 2 is 1.88 bits per heavy atom. The molecule has 1 atom stereocenters. The highest BCUT2D eigenvalue weighted by Gasteiger charge is 2.18. The lowest BCUT2D eigenvalue weighted by Gasteiger charge is -2.10. The third kappa shape index (κ3) is 3.80. The van der Waals surface area contributed by atoms with Crippen LogP contribution in [-0.4, -0.2) is 25.9 Å². The maximum atomic E-state index is 13.6. The van der Waals surface area contributed by atoms with E-state index in [9.17, 15) is 9.18 Å². The van der Waals surface area contributed by atoms with Gasteiger partial charge in [0.05, 0.1) is 16.6 Å². The van der Waals surface area contributed by atoms with Crippen LogP contribution in [0.4, 0.5) is 10.1 Å². The molecule has 1 unspecified atom stereocenters. The largest absolute Gasteiger partial charge is 0.323 e. The Morgan fingerprint density at radius 1 is 1.17 bits per heavy atom. The van der Waals surface area contributed by atoms with Crippen molar-refractivity contribution in [1.29, 1.82) is 0 Å². The summed E-state index contributed by atoms with van der Waals surface area (Å²) in [5.74, 6) is -0.768. The minimum Gasteiger partial charge on any atom is -0.323 e. The number of anilines is 1. The Morgan fingerprint density at radius 3 is 2.62 bits per heavy atom. The van der Waals surface area contributed by atoms with Crippen molar-refractivity contribution in [2.45, 2.75) is 17.3 Å². The molecule has 3 rings (SSSR count). The predicted molar refractivity (Wildman–Crippen MR) is 91.7 cm³/mol. The molecule has 24 heavy (non-hydrogen) atoms. The molecule has 0 aliphatic carbocycles. The van der Waals surface area contributed by atoms with Gasteiger partial charge in [-0.05, 0) is 31.2 Å². The fraction of sp³-hybridized carbons (Fsp3) is 0.118. The fourth-order valence-corrected chi connectivity index (χ4v) is 2.74. The van der Waals surface area contributed by atoms with Crippen molar-refractivity contribution in [3.05, 3.63) is 66.7 Å². The zero-order chi connectivity index (χ0) is 16.9. The molecular formula is C17H15FN4OS. The number of aromatic nitrogens is 3. The van der Waals surface area contributed by atoms with Crippen LogP contribution in [0.5, 0.6) is 0 Å². The van der Waals surface area contributed by atoms with Crippen molar-refractivity contribution in [2.75, 3.05) is 5.32 Å². The van der Waals surface area contributed by atoms with Gasteiger partial charge in [-0.25, -0.2) is 14.1 Å². The summed E-state index contributed by atoms with van der Waals surface area (Å²) >= 11 is 1.21. The van der Waals surface area contributed by atoms with Gasteiger partial charge in [-0.15, -0.1) is 5.10 Å². The zero-order valence-corrected chi connectivity index (χ0v) is 13.7. The summed E-state index contributed by atoms with van der Waals surface area (Å²) in [6, 6.07) is 15.6. The minimum atomic E-state index is -0.463. The van der Waals surface area contributed by atoms with Gasteiger partial charge in [0.2, 0.25) is 11.1 Å². The number of para-hydroxylation sites is 2. The van der Waals surface area contributed by atoms with Crippen LogP contribution in [0.1, 0.15) is 6.92 Å². The number of nitrogens with one attached hydrogen (secondary N) is 1. The Kier molecular flexibility index (Phi) is 4.90. The van der Waals surface area contributed by atoms with Gasteiger partial charge in [0.25, 0.3) is 0 Å². The number of halogens is 1. The van der Waals surface area contributed by atoms with Gasteiger partial charge in [0, 0.05) is 0 Å². The molecule has 5 nitrogen and oxygen atoms in total. The second kappa shape index (κ2) is 7.27. The molecule has 7 heteroatoms. The Labute approximate surface area is 142 Å². The summed E-state index contributed by atoms with van der Waals surface area (Å²) in [5.41, 5.74) is 1.05. The van der Waals surface area contributed by atoms with E-state index in [-0.39, 0.29) is 11.6 Å². The number of rotatable bonds is 5. The average Bonchev–Trinajstić information content (AvgIpc) is 3.06. The molecule has 1 heterocycles. The Balaban J connectivity index is 1.65. The molecule has 122 valence electrons. The molecule has 1 N–H and O–H groups in total. The van der Waals surface area contributed by atoms with Crippen molar-refractivity contribution >= 4 is 23.4 Å². The lowest BCUT2D eigenvalue weighted by molar-refractivity contribution is -0.115. The first-order valence-corrected chi connectivity index (χ1v) is 8.20. The highest BCUT2D eigenvalue weighted by molar-refractivity contribution is 8.00. The van der Waals surface area contributed by atoms with Gasteiger partial charge in [0.1, 0.15) is 12.1 Å². The standard InChI is InChI=1S/C17H15FN4OS/c1-12(16(23)20-15-10-6-5-9-14(15)18)24-17-19-11-22(21-17)13-7-3-2-4-8-13/h2-12H,1H3,(H,20,23). The van der Waals surface area contributed by atoms with Crippen LogP contribution < -0.4 is 5.32 Å². The van der Waals surface area contributed by atoms with Gasteiger partial charge in [-0.2, -0.15) is 0 Å². The van der Waals surface area contributed by atoms with Crippen LogP contribution in [-0.2, 0) is 4.79 Å². The summed E-state index contributed by atoms with van der Waals surface area (Å²) in [6.45, 7) is 1.73. The van der Waals surface area contributed by atoms with Gasteiger partial charge in [0.15, 0.2) is 0 Å². The van der Waals surface area contributed by atoms with Crippen LogP contribution in [0, 0.1) is 5.82 Å². The lowest BCUT2D eigenvalue weighted by Crippen LogP contribution is -2.23. The second-order valence-electron chi connectivity index (χ2n) is 5.04. The molecule has 0 aliphatic rings. The molecule has 2 aromatic carbocycles. The van der Waals surface area contributed by atoms with Gasteiger partial charge < -0.3 is 5.32 Å². The molecule has 3 aromatic rings. The number of carbonyl (C=O) groups excluding carboxylic acids is 1. The highest BCUT2D eigenvalue weighted by atomic mass is 32.2. The maximum Gasteiger partial charge on any atom is 0.237 e. The summed E-state index contributed by atoms with van der Waals surface area (Å²) in [4.78, 5) is 16.4. The van der Waals surface area contributed by atoms with Crippen LogP contribution in [0.15, 0.2) is 66.1 Å².